The molecule has 5 heteroatoms. The molecule has 0 radical (unpaired) electrons. The monoisotopic (exact) mass is 346 g/mol. The summed E-state index contributed by atoms with van der Waals surface area (Å²) in [7, 11) is 0. The zero-order valence-electron chi connectivity index (χ0n) is 15.4. The van der Waals surface area contributed by atoms with Gasteiger partial charge in [0.25, 0.3) is 0 Å². The van der Waals surface area contributed by atoms with Crippen LogP contribution in [0.1, 0.15) is 96.8 Å². The first-order chi connectivity index (χ1) is 11.6. The predicted octanol–water partition coefficient (Wildman–Crippen LogP) is 3.68. The maximum absolute atomic E-state index is 11.5. The van der Waals surface area contributed by atoms with Gasteiger partial charge in [0.15, 0.2) is 12.4 Å². The second kappa shape index (κ2) is 17.2. The number of hydrogen-bond donors (Lipinski definition) is 3. The van der Waals surface area contributed by atoms with E-state index in [-0.39, 0.29) is 6.42 Å². The molecule has 0 rings (SSSR count). The number of aliphatic hydroxyl groups excluding tert-OH is 2. The van der Waals surface area contributed by atoms with E-state index in [0.29, 0.717) is 0 Å². The molecule has 0 saturated carbocycles. The number of esters is 1. The molecule has 0 amide bonds. The van der Waals surface area contributed by atoms with E-state index in [0.717, 1.165) is 19.3 Å². The Morgan fingerprint density at radius 3 is 1.58 bits per heavy atom. The number of ether oxygens (including phenoxy) is 1. The minimum Gasteiger partial charge on any atom is -0.454 e. The van der Waals surface area contributed by atoms with Gasteiger partial charge in [-0.2, -0.15) is 0 Å². The molecular weight excluding hydrogens is 308 g/mol. The summed E-state index contributed by atoms with van der Waals surface area (Å²) in [5.74, 6) is -0.481. The Bertz CT molecular complexity index is 281. The molecule has 0 aliphatic rings. The summed E-state index contributed by atoms with van der Waals surface area (Å²) in [5, 5.41) is 26.6. The molecule has 0 heterocycles. The summed E-state index contributed by atoms with van der Waals surface area (Å²) in [5.41, 5.74) is 0. The molecule has 0 unspecified atom stereocenters. The van der Waals surface area contributed by atoms with E-state index in [4.69, 9.17) is 20.1 Å². The summed E-state index contributed by atoms with van der Waals surface area (Å²) in [6.07, 6.45) is 13.4. The summed E-state index contributed by atoms with van der Waals surface area (Å²) in [4.78, 5) is 11.5. The van der Waals surface area contributed by atoms with Crippen LogP contribution in [0.2, 0.25) is 0 Å². The number of carbonyl (C=O) groups is 1. The van der Waals surface area contributed by atoms with Gasteiger partial charge in [-0.1, -0.05) is 84.0 Å². The van der Waals surface area contributed by atoms with Crippen LogP contribution in [0.15, 0.2) is 0 Å². The fourth-order valence-electron chi connectivity index (χ4n) is 2.71. The highest BCUT2D eigenvalue weighted by atomic mass is 16.6. The van der Waals surface area contributed by atoms with E-state index in [1.165, 1.54) is 64.2 Å². The predicted molar refractivity (Wildman–Crippen MR) is 95.5 cm³/mol. The van der Waals surface area contributed by atoms with Crippen molar-refractivity contribution < 1.29 is 24.9 Å². The zero-order valence-corrected chi connectivity index (χ0v) is 15.4. The Kier molecular flexibility index (Phi) is 16.7. The average molecular weight is 347 g/mol. The van der Waals surface area contributed by atoms with Crippen LogP contribution in [0.5, 0.6) is 0 Å². The number of hydrogen-bond acceptors (Lipinski definition) is 5. The Labute approximate surface area is 147 Å². The van der Waals surface area contributed by atoms with Gasteiger partial charge in [0.1, 0.15) is 0 Å². The van der Waals surface area contributed by atoms with E-state index in [1.54, 1.807) is 0 Å². The van der Waals surface area contributed by atoms with Crippen molar-refractivity contribution >= 4 is 5.97 Å². The first-order valence-electron chi connectivity index (χ1n) is 9.78. The van der Waals surface area contributed by atoms with E-state index in [1.807, 2.05) is 0 Å². The van der Waals surface area contributed by atoms with Crippen LogP contribution < -0.4 is 0 Å². The van der Waals surface area contributed by atoms with Gasteiger partial charge in [0, 0.05) is 6.42 Å². The third kappa shape index (κ3) is 14.9. The molecule has 0 fully saturated rings. The lowest BCUT2D eigenvalue weighted by Gasteiger charge is -2.16. The van der Waals surface area contributed by atoms with Gasteiger partial charge in [-0.3, -0.25) is 4.79 Å². The second-order valence-corrected chi connectivity index (χ2v) is 6.62. The highest BCUT2D eigenvalue weighted by Gasteiger charge is 2.19. The molecule has 3 N–H and O–H groups in total. The van der Waals surface area contributed by atoms with Crippen molar-refractivity contribution in [2.45, 2.75) is 109 Å². The van der Waals surface area contributed by atoms with Gasteiger partial charge >= 0.3 is 5.97 Å². The van der Waals surface area contributed by atoms with Crippen molar-refractivity contribution in [3.05, 3.63) is 0 Å². The largest absolute Gasteiger partial charge is 0.454 e. The number of carbonyl (C=O) groups excluding carboxylic acids is 1. The molecule has 0 aromatic carbocycles. The van der Waals surface area contributed by atoms with Crippen molar-refractivity contribution in [3.8, 4) is 0 Å². The maximum Gasteiger partial charge on any atom is 0.306 e. The molecule has 1 atom stereocenters. The summed E-state index contributed by atoms with van der Waals surface area (Å²) < 4.78 is 4.78. The van der Waals surface area contributed by atoms with Crippen molar-refractivity contribution in [3.63, 3.8) is 0 Å². The quantitative estimate of drug-likeness (QED) is 0.212. The highest BCUT2D eigenvalue weighted by Crippen LogP contribution is 2.13. The molecule has 0 aliphatic carbocycles. The van der Waals surface area contributed by atoms with Crippen molar-refractivity contribution in [1.29, 1.82) is 0 Å². The fraction of sp³-hybridized carbons (Fsp3) is 0.947. The minimum atomic E-state index is -1.83. The van der Waals surface area contributed by atoms with Crippen LogP contribution in [0.25, 0.3) is 0 Å². The SMILES string of the molecule is CCCCCCCCCCCCCCCC(=O)O[C@@H](CO)C(O)O. The third-order valence-electron chi connectivity index (χ3n) is 4.28. The molecule has 0 bridgehead atoms. The summed E-state index contributed by atoms with van der Waals surface area (Å²) in [6, 6.07) is 0. The Hall–Kier alpha value is -0.650. The van der Waals surface area contributed by atoms with Crippen LogP contribution in [-0.4, -0.2) is 40.3 Å². The van der Waals surface area contributed by atoms with Crippen LogP contribution in [0, 0.1) is 0 Å². The Balaban J connectivity index is 3.29. The maximum atomic E-state index is 11.5. The Morgan fingerprint density at radius 2 is 1.21 bits per heavy atom. The number of rotatable bonds is 17. The van der Waals surface area contributed by atoms with Crippen LogP contribution in [0.4, 0.5) is 0 Å². The molecule has 0 saturated heterocycles. The van der Waals surface area contributed by atoms with Crippen molar-refractivity contribution in [2.24, 2.45) is 0 Å². The average Bonchev–Trinajstić information content (AvgIpc) is 2.56. The zero-order chi connectivity index (χ0) is 18.0. The molecule has 5 nitrogen and oxygen atoms in total. The number of aliphatic hydroxyl groups is 3. The van der Waals surface area contributed by atoms with E-state index >= 15 is 0 Å². The van der Waals surface area contributed by atoms with Gasteiger partial charge in [-0.25, -0.2) is 0 Å². The molecule has 24 heavy (non-hydrogen) atoms. The second-order valence-electron chi connectivity index (χ2n) is 6.62. The third-order valence-corrected chi connectivity index (χ3v) is 4.28. The lowest BCUT2D eigenvalue weighted by atomic mass is 10.0. The molecule has 0 aliphatic heterocycles. The topological polar surface area (TPSA) is 87.0 Å². The van der Waals surface area contributed by atoms with E-state index in [2.05, 4.69) is 6.92 Å². The number of unbranched alkanes of at least 4 members (excludes halogenated alkanes) is 12. The van der Waals surface area contributed by atoms with Gasteiger partial charge < -0.3 is 20.1 Å². The van der Waals surface area contributed by atoms with Gasteiger partial charge in [-0.15, -0.1) is 0 Å². The van der Waals surface area contributed by atoms with Crippen LogP contribution >= 0.6 is 0 Å². The van der Waals surface area contributed by atoms with E-state index in [9.17, 15) is 4.79 Å². The standard InChI is InChI=1S/C19H38O5/c1-2-3-4-5-6-7-8-9-10-11-12-13-14-15-18(21)24-17(16-20)19(22)23/h17,19-20,22-23H,2-16H2,1H3/t17-/m0/s1. The van der Waals surface area contributed by atoms with Gasteiger partial charge in [-0.05, 0) is 6.42 Å². The fourth-order valence-corrected chi connectivity index (χ4v) is 2.71. The van der Waals surface area contributed by atoms with Crippen LogP contribution in [-0.2, 0) is 9.53 Å². The molecule has 144 valence electrons. The van der Waals surface area contributed by atoms with E-state index < -0.39 is 25.0 Å². The van der Waals surface area contributed by atoms with Gasteiger partial charge in [0.05, 0.1) is 6.61 Å². The Morgan fingerprint density at radius 1 is 0.792 bits per heavy atom. The smallest absolute Gasteiger partial charge is 0.306 e. The molecular formula is C19H38O5. The van der Waals surface area contributed by atoms with Crippen LogP contribution in [0.3, 0.4) is 0 Å². The molecule has 0 aromatic heterocycles. The van der Waals surface area contributed by atoms with Crippen molar-refractivity contribution in [2.75, 3.05) is 6.61 Å². The first-order valence-corrected chi connectivity index (χ1v) is 9.78. The summed E-state index contributed by atoms with van der Waals surface area (Å²) in [6.45, 7) is 1.66. The lowest BCUT2D eigenvalue weighted by Crippen LogP contribution is -2.34. The van der Waals surface area contributed by atoms with Crippen molar-refractivity contribution in [1.82, 2.24) is 0 Å². The summed E-state index contributed by atoms with van der Waals surface area (Å²) >= 11 is 0. The normalized spacial score (nSPS) is 12.5. The molecule has 0 aromatic rings. The lowest BCUT2D eigenvalue weighted by molar-refractivity contribution is -0.181. The van der Waals surface area contributed by atoms with Gasteiger partial charge in [0.2, 0.25) is 0 Å². The first kappa shape index (κ1) is 23.4. The minimum absolute atomic E-state index is 0.265. The molecule has 0 spiro atoms. The highest BCUT2D eigenvalue weighted by molar-refractivity contribution is 5.69.